The molecule has 0 heterocycles. The fourth-order valence-electron chi connectivity index (χ4n) is 1.36. The number of aliphatic hydroxyl groups is 1. The van der Waals surface area contributed by atoms with Crippen LogP contribution in [0.4, 0.5) is 0 Å². The highest BCUT2D eigenvalue weighted by molar-refractivity contribution is 5.39. The lowest BCUT2D eigenvalue weighted by Crippen LogP contribution is -1.94. The molecule has 0 aromatic carbocycles. The molecule has 0 saturated carbocycles. The van der Waals surface area contributed by atoms with Crippen molar-refractivity contribution in [3.05, 3.63) is 36.5 Å². The van der Waals surface area contributed by atoms with Crippen LogP contribution in [0.2, 0.25) is 0 Å². The van der Waals surface area contributed by atoms with Crippen molar-refractivity contribution in [3.8, 4) is 0 Å². The van der Waals surface area contributed by atoms with Gasteiger partial charge in [-0.25, -0.2) is 0 Å². The first kappa shape index (κ1) is 8.28. The summed E-state index contributed by atoms with van der Waals surface area (Å²) >= 11 is 0. The molecule has 60 valence electrons. The third-order valence-electron chi connectivity index (χ3n) is 2.08. The van der Waals surface area contributed by atoms with Crippen molar-refractivity contribution >= 4 is 0 Å². The molecule has 1 N–H and O–H groups in total. The van der Waals surface area contributed by atoms with Gasteiger partial charge in [0.15, 0.2) is 0 Å². The van der Waals surface area contributed by atoms with Crippen LogP contribution in [0.5, 0.6) is 0 Å². The molecule has 11 heavy (non-hydrogen) atoms. The molecule has 0 aliphatic heterocycles. The average Bonchev–Trinajstić information content (AvgIpc) is 2.28. The van der Waals surface area contributed by atoms with Gasteiger partial charge in [-0.2, -0.15) is 0 Å². The molecule has 0 saturated heterocycles. The second-order valence-corrected chi connectivity index (χ2v) is 3.02. The van der Waals surface area contributed by atoms with Crippen LogP contribution in [0.1, 0.15) is 13.3 Å². The number of aliphatic hydroxyl groups excluding tert-OH is 1. The predicted molar refractivity (Wildman–Crippen MR) is 47.2 cm³/mol. The first-order valence-corrected chi connectivity index (χ1v) is 3.85. The number of rotatable bonds is 2. The molecule has 2 atom stereocenters. The highest BCUT2D eigenvalue weighted by Crippen LogP contribution is 2.29. The van der Waals surface area contributed by atoms with Crippen LogP contribution in [0, 0.1) is 5.92 Å². The van der Waals surface area contributed by atoms with Crippen molar-refractivity contribution in [2.75, 3.05) is 0 Å². The molecule has 0 aromatic rings. The maximum absolute atomic E-state index is 9.24. The summed E-state index contributed by atoms with van der Waals surface area (Å²) in [5, 5.41) is 9.24. The van der Waals surface area contributed by atoms with Crippen LogP contribution < -0.4 is 0 Å². The van der Waals surface area contributed by atoms with Crippen LogP contribution in [0.25, 0.3) is 0 Å². The van der Waals surface area contributed by atoms with E-state index in [0.717, 1.165) is 11.1 Å². The van der Waals surface area contributed by atoms with Crippen molar-refractivity contribution < 1.29 is 5.11 Å². The fraction of sp³-hybridized carbons (Fsp3) is 0.400. The second kappa shape index (κ2) is 3.05. The lowest BCUT2D eigenvalue weighted by molar-refractivity contribution is 0.230. The summed E-state index contributed by atoms with van der Waals surface area (Å²) in [6, 6.07) is 0. The van der Waals surface area contributed by atoms with Crippen LogP contribution in [0.15, 0.2) is 36.5 Å². The summed E-state index contributed by atoms with van der Waals surface area (Å²) in [4.78, 5) is 0. The van der Waals surface area contributed by atoms with Crippen molar-refractivity contribution in [1.82, 2.24) is 0 Å². The first-order valence-electron chi connectivity index (χ1n) is 3.85. The maximum atomic E-state index is 9.24. The van der Waals surface area contributed by atoms with Crippen molar-refractivity contribution in [1.29, 1.82) is 0 Å². The van der Waals surface area contributed by atoms with Gasteiger partial charge in [-0.3, -0.25) is 0 Å². The zero-order valence-corrected chi connectivity index (χ0v) is 6.88. The van der Waals surface area contributed by atoms with E-state index in [4.69, 9.17) is 0 Å². The van der Waals surface area contributed by atoms with Crippen LogP contribution >= 0.6 is 0 Å². The standard InChI is InChI=1S/C10H14O/c1-4-7(2)10-6-9(11)5-8(10)3/h4,6-7,9,11H,1,3,5H2,2H3/t7?,9-/m0/s1. The van der Waals surface area contributed by atoms with E-state index in [0.29, 0.717) is 12.3 Å². The summed E-state index contributed by atoms with van der Waals surface area (Å²) in [5.74, 6) is 0.319. The van der Waals surface area contributed by atoms with E-state index in [2.05, 4.69) is 20.1 Å². The summed E-state index contributed by atoms with van der Waals surface area (Å²) in [7, 11) is 0. The SMILES string of the molecule is C=CC(C)C1=C[C@@H](O)CC1=C. The van der Waals surface area contributed by atoms with Crippen LogP contribution in [0.3, 0.4) is 0 Å². The Labute approximate surface area is 67.7 Å². The molecule has 0 bridgehead atoms. The fourth-order valence-corrected chi connectivity index (χ4v) is 1.36. The van der Waals surface area contributed by atoms with Gasteiger partial charge in [0.2, 0.25) is 0 Å². The van der Waals surface area contributed by atoms with E-state index in [1.54, 1.807) is 0 Å². The molecule has 1 heteroatoms. The molecule has 0 radical (unpaired) electrons. The van der Waals surface area contributed by atoms with E-state index in [1.807, 2.05) is 12.2 Å². The van der Waals surface area contributed by atoms with Gasteiger partial charge in [-0.1, -0.05) is 25.7 Å². The Kier molecular flexibility index (Phi) is 2.30. The molecule has 0 spiro atoms. The second-order valence-electron chi connectivity index (χ2n) is 3.02. The zero-order chi connectivity index (χ0) is 8.43. The van der Waals surface area contributed by atoms with Crippen LogP contribution in [-0.2, 0) is 0 Å². The van der Waals surface area contributed by atoms with Gasteiger partial charge >= 0.3 is 0 Å². The Bertz CT molecular complexity index is 213. The molecule has 0 aromatic heterocycles. The lowest BCUT2D eigenvalue weighted by Gasteiger charge is -2.07. The van der Waals surface area contributed by atoms with E-state index in [9.17, 15) is 5.11 Å². The van der Waals surface area contributed by atoms with E-state index < -0.39 is 0 Å². The molecule has 1 nitrogen and oxygen atoms in total. The third kappa shape index (κ3) is 1.60. The summed E-state index contributed by atoms with van der Waals surface area (Å²) in [6.45, 7) is 9.64. The van der Waals surface area contributed by atoms with Gasteiger partial charge in [0.1, 0.15) is 0 Å². The summed E-state index contributed by atoms with van der Waals surface area (Å²) < 4.78 is 0. The largest absolute Gasteiger partial charge is 0.389 e. The molecule has 0 amide bonds. The molecule has 1 unspecified atom stereocenters. The topological polar surface area (TPSA) is 20.2 Å². The minimum atomic E-state index is -0.320. The Morgan fingerprint density at radius 3 is 2.82 bits per heavy atom. The van der Waals surface area contributed by atoms with Gasteiger partial charge in [0, 0.05) is 6.42 Å². The summed E-state index contributed by atoms with van der Waals surface area (Å²) in [5.41, 5.74) is 2.19. The van der Waals surface area contributed by atoms with Gasteiger partial charge < -0.3 is 5.11 Å². The minimum absolute atomic E-state index is 0.319. The van der Waals surface area contributed by atoms with Crippen molar-refractivity contribution in [2.24, 2.45) is 5.92 Å². The number of hydrogen-bond donors (Lipinski definition) is 1. The minimum Gasteiger partial charge on any atom is -0.389 e. The zero-order valence-electron chi connectivity index (χ0n) is 6.88. The Morgan fingerprint density at radius 2 is 2.45 bits per heavy atom. The highest BCUT2D eigenvalue weighted by atomic mass is 16.3. The van der Waals surface area contributed by atoms with Gasteiger partial charge in [0.05, 0.1) is 6.10 Å². The van der Waals surface area contributed by atoms with E-state index in [-0.39, 0.29) is 6.10 Å². The number of hydrogen-bond acceptors (Lipinski definition) is 1. The Hall–Kier alpha value is -0.820. The number of allylic oxidation sites excluding steroid dienone is 2. The third-order valence-corrected chi connectivity index (χ3v) is 2.08. The predicted octanol–water partition coefficient (Wildman–Crippen LogP) is 2.06. The molecular formula is C10H14O. The molecule has 0 fully saturated rings. The van der Waals surface area contributed by atoms with Gasteiger partial charge in [0.25, 0.3) is 0 Å². The quantitative estimate of drug-likeness (QED) is 0.597. The summed E-state index contributed by atoms with van der Waals surface area (Å²) in [6.07, 6.45) is 4.11. The Morgan fingerprint density at radius 1 is 1.82 bits per heavy atom. The van der Waals surface area contributed by atoms with Crippen molar-refractivity contribution in [3.63, 3.8) is 0 Å². The molecular weight excluding hydrogens is 136 g/mol. The van der Waals surface area contributed by atoms with Crippen molar-refractivity contribution in [2.45, 2.75) is 19.4 Å². The lowest BCUT2D eigenvalue weighted by atomic mass is 9.98. The van der Waals surface area contributed by atoms with Gasteiger partial charge in [-0.15, -0.1) is 6.58 Å². The Balaban J connectivity index is 2.78. The molecule has 1 rings (SSSR count). The normalized spacial score (nSPS) is 26.5. The average molecular weight is 150 g/mol. The highest BCUT2D eigenvalue weighted by Gasteiger charge is 2.19. The van der Waals surface area contributed by atoms with Crippen LogP contribution in [-0.4, -0.2) is 11.2 Å². The molecule has 1 aliphatic rings. The van der Waals surface area contributed by atoms with E-state index >= 15 is 0 Å². The van der Waals surface area contributed by atoms with Gasteiger partial charge in [-0.05, 0) is 17.1 Å². The van der Waals surface area contributed by atoms with E-state index in [1.165, 1.54) is 0 Å². The monoisotopic (exact) mass is 150 g/mol. The maximum Gasteiger partial charge on any atom is 0.0767 e. The smallest absolute Gasteiger partial charge is 0.0767 e. The first-order chi connectivity index (χ1) is 5.15. The molecule has 1 aliphatic carbocycles.